The molecular formula is C18H29NO. The third-order valence-electron chi connectivity index (χ3n) is 4.59. The molecule has 0 aromatic heterocycles. The lowest BCUT2D eigenvalue weighted by atomic mass is 9.93. The van der Waals surface area contributed by atoms with Crippen LogP contribution in [0.4, 0.5) is 0 Å². The van der Waals surface area contributed by atoms with Crippen LogP contribution in [0.15, 0.2) is 24.3 Å². The first-order chi connectivity index (χ1) is 9.60. The van der Waals surface area contributed by atoms with Gasteiger partial charge in [0.1, 0.15) is 0 Å². The maximum Gasteiger partial charge on any atom is 0.0917 e. The Bertz CT molecular complexity index is 400. The van der Waals surface area contributed by atoms with Gasteiger partial charge in [-0.25, -0.2) is 0 Å². The van der Waals surface area contributed by atoms with Crippen molar-refractivity contribution in [1.82, 2.24) is 4.90 Å². The van der Waals surface area contributed by atoms with Crippen molar-refractivity contribution in [1.29, 1.82) is 0 Å². The lowest BCUT2D eigenvalue weighted by Gasteiger charge is -2.37. The molecule has 1 aromatic carbocycles. The van der Waals surface area contributed by atoms with Crippen molar-refractivity contribution in [3.8, 4) is 0 Å². The van der Waals surface area contributed by atoms with Gasteiger partial charge in [-0.15, -0.1) is 0 Å². The van der Waals surface area contributed by atoms with E-state index in [1.807, 2.05) is 0 Å². The van der Waals surface area contributed by atoms with Crippen LogP contribution in [0.5, 0.6) is 0 Å². The Balaban J connectivity index is 1.92. The van der Waals surface area contributed by atoms with Gasteiger partial charge in [0.05, 0.1) is 6.10 Å². The molecule has 2 heteroatoms. The zero-order valence-electron chi connectivity index (χ0n) is 13.2. The Morgan fingerprint density at radius 3 is 2.55 bits per heavy atom. The normalized spacial score (nSPS) is 25.6. The van der Waals surface area contributed by atoms with Crippen molar-refractivity contribution in [2.24, 2.45) is 5.92 Å². The Morgan fingerprint density at radius 2 is 1.95 bits per heavy atom. The maximum atomic E-state index is 10.4. The minimum Gasteiger partial charge on any atom is -0.387 e. The fourth-order valence-corrected chi connectivity index (χ4v) is 3.25. The summed E-state index contributed by atoms with van der Waals surface area (Å²) in [4.78, 5) is 2.44. The van der Waals surface area contributed by atoms with Gasteiger partial charge in [0, 0.05) is 12.6 Å². The fourth-order valence-electron chi connectivity index (χ4n) is 3.25. The van der Waals surface area contributed by atoms with Gasteiger partial charge >= 0.3 is 0 Å². The van der Waals surface area contributed by atoms with E-state index in [4.69, 9.17) is 0 Å². The van der Waals surface area contributed by atoms with E-state index in [9.17, 15) is 5.11 Å². The van der Waals surface area contributed by atoms with E-state index in [1.165, 1.54) is 24.8 Å². The molecule has 20 heavy (non-hydrogen) atoms. The van der Waals surface area contributed by atoms with E-state index >= 15 is 0 Å². The molecule has 1 fully saturated rings. The average molecular weight is 275 g/mol. The third-order valence-corrected chi connectivity index (χ3v) is 4.59. The molecule has 3 atom stereocenters. The molecule has 1 aromatic rings. The van der Waals surface area contributed by atoms with Crippen LogP contribution in [0.1, 0.15) is 57.3 Å². The van der Waals surface area contributed by atoms with Crippen LogP contribution in [0.3, 0.4) is 0 Å². The van der Waals surface area contributed by atoms with Crippen molar-refractivity contribution in [3.05, 3.63) is 35.4 Å². The van der Waals surface area contributed by atoms with Gasteiger partial charge in [-0.2, -0.15) is 0 Å². The summed E-state index contributed by atoms with van der Waals surface area (Å²) in [6.45, 7) is 8.69. The summed E-state index contributed by atoms with van der Waals surface area (Å²) in [5.74, 6) is 0.826. The molecule has 0 spiro atoms. The summed E-state index contributed by atoms with van der Waals surface area (Å²) in [5, 5.41) is 10.4. The Labute approximate surface area is 123 Å². The number of benzene rings is 1. The monoisotopic (exact) mass is 275 g/mol. The zero-order chi connectivity index (χ0) is 14.5. The Hall–Kier alpha value is -0.860. The second-order valence-corrected chi connectivity index (χ2v) is 6.48. The lowest BCUT2D eigenvalue weighted by molar-refractivity contribution is 0.0601. The second kappa shape index (κ2) is 7.24. The summed E-state index contributed by atoms with van der Waals surface area (Å²) >= 11 is 0. The molecule has 0 saturated carbocycles. The number of piperidine rings is 1. The average Bonchev–Trinajstić information content (AvgIpc) is 2.43. The van der Waals surface area contributed by atoms with E-state index in [2.05, 4.69) is 49.9 Å². The van der Waals surface area contributed by atoms with E-state index in [0.29, 0.717) is 6.04 Å². The highest BCUT2D eigenvalue weighted by Gasteiger charge is 2.24. The Kier molecular flexibility index (Phi) is 5.62. The summed E-state index contributed by atoms with van der Waals surface area (Å²) in [6.07, 6.45) is 4.44. The van der Waals surface area contributed by atoms with E-state index in [1.54, 1.807) is 0 Å². The van der Waals surface area contributed by atoms with Crippen molar-refractivity contribution in [3.63, 3.8) is 0 Å². The SMILES string of the molecule is CCCc1ccc(C(O)CN2CCC(C)CC2C)cc1. The highest BCUT2D eigenvalue weighted by molar-refractivity contribution is 5.24. The zero-order valence-corrected chi connectivity index (χ0v) is 13.2. The third kappa shape index (κ3) is 4.07. The van der Waals surface area contributed by atoms with Crippen LogP contribution in [-0.4, -0.2) is 29.1 Å². The van der Waals surface area contributed by atoms with Gasteiger partial charge in [0.15, 0.2) is 0 Å². The maximum absolute atomic E-state index is 10.4. The predicted octanol–water partition coefficient (Wildman–Crippen LogP) is 3.79. The minimum atomic E-state index is -0.360. The number of aliphatic hydroxyl groups is 1. The minimum absolute atomic E-state index is 0.360. The van der Waals surface area contributed by atoms with Crippen LogP contribution in [0.2, 0.25) is 0 Å². The molecule has 2 nitrogen and oxygen atoms in total. The molecule has 1 heterocycles. The van der Waals surface area contributed by atoms with Crippen LogP contribution in [0.25, 0.3) is 0 Å². The highest BCUT2D eigenvalue weighted by atomic mass is 16.3. The molecule has 3 unspecified atom stereocenters. The fraction of sp³-hybridized carbons (Fsp3) is 0.667. The second-order valence-electron chi connectivity index (χ2n) is 6.48. The van der Waals surface area contributed by atoms with Crippen molar-refractivity contribution in [2.45, 2.75) is 58.6 Å². The smallest absolute Gasteiger partial charge is 0.0917 e. The van der Waals surface area contributed by atoms with Gasteiger partial charge in [-0.05, 0) is 49.8 Å². The lowest BCUT2D eigenvalue weighted by Crippen LogP contribution is -2.42. The Morgan fingerprint density at radius 1 is 1.25 bits per heavy atom. The number of aliphatic hydroxyl groups excluding tert-OH is 1. The van der Waals surface area contributed by atoms with Crippen molar-refractivity contribution < 1.29 is 5.11 Å². The molecule has 112 valence electrons. The quantitative estimate of drug-likeness (QED) is 0.883. The number of rotatable bonds is 5. The summed E-state index contributed by atoms with van der Waals surface area (Å²) < 4.78 is 0. The molecule has 2 rings (SSSR count). The van der Waals surface area contributed by atoms with E-state index < -0.39 is 0 Å². The first kappa shape index (κ1) is 15.5. The standard InChI is InChI=1S/C18H29NO/c1-4-5-16-6-8-17(9-7-16)18(20)13-19-11-10-14(2)12-15(19)3/h6-9,14-15,18,20H,4-5,10-13H2,1-3H3. The first-order valence-electron chi connectivity index (χ1n) is 8.11. The number of β-amino-alcohol motifs (C(OH)–C–C–N with tert-alkyl or cyclic N) is 1. The molecule has 0 amide bonds. The molecule has 1 saturated heterocycles. The largest absolute Gasteiger partial charge is 0.387 e. The van der Waals surface area contributed by atoms with Gasteiger partial charge in [0.2, 0.25) is 0 Å². The van der Waals surface area contributed by atoms with E-state index in [-0.39, 0.29) is 6.10 Å². The highest BCUT2D eigenvalue weighted by Crippen LogP contribution is 2.25. The van der Waals surface area contributed by atoms with Gasteiger partial charge in [-0.3, -0.25) is 4.90 Å². The number of nitrogens with zero attached hydrogens (tertiary/aromatic N) is 1. The van der Waals surface area contributed by atoms with Gasteiger partial charge < -0.3 is 5.11 Å². The molecule has 0 bridgehead atoms. The van der Waals surface area contributed by atoms with Crippen LogP contribution in [-0.2, 0) is 6.42 Å². The van der Waals surface area contributed by atoms with Gasteiger partial charge in [0.25, 0.3) is 0 Å². The molecule has 0 aliphatic carbocycles. The summed E-state index contributed by atoms with van der Waals surface area (Å²) in [5.41, 5.74) is 2.42. The van der Waals surface area contributed by atoms with Gasteiger partial charge in [-0.1, -0.05) is 44.5 Å². The van der Waals surface area contributed by atoms with Crippen LogP contribution < -0.4 is 0 Å². The number of hydrogen-bond acceptors (Lipinski definition) is 2. The molecular weight excluding hydrogens is 246 g/mol. The number of hydrogen-bond donors (Lipinski definition) is 1. The first-order valence-corrected chi connectivity index (χ1v) is 8.11. The van der Waals surface area contributed by atoms with Crippen LogP contribution >= 0.6 is 0 Å². The predicted molar refractivity (Wildman–Crippen MR) is 84.8 cm³/mol. The van der Waals surface area contributed by atoms with Crippen molar-refractivity contribution >= 4 is 0 Å². The van der Waals surface area contributed by atoms with E-state index in [0.717, 1.165) is 31.0 Å². The summed E-state index contributed by atoms with van der Waals surface area (Å²) in [6, 6.07) is 9.08. The number of likely N-dealkylation sites (tertiary alicyclic amines) is 1. The topological polar surface area (TPSA) is 23.5 Å². The number of aryl methyl sites for hydroxylation is 1. The molecule has 1 N–H and O–H groups in total. The molecule has 1 aliphatic rings. The summed E-state index contributed by atoms with van der Waals surface area (Å²) in [7, 11) is 0. The molecule has 1 aliphatic heterocycles. The van der Waals surface area contributed by atoms with Crippen molar-refractivity contribution in [2.75, 3.05) is 13.1 Å². The van der Waals surface area contributed by atoms with Crippen LogP contribution in [0, 0.1) is 5.92 Å². The molecule has 0 radical (unpaired) electrons.